The van der Waals surface area contributed by atoms with E-state index in [4.69, 9.17) is 0 Å². The van der Waals surface area contributed by atoms with Crippen LogP contribution in [0.2, 0.25) is 0 Å². The molecular weight excluding hydrogens is 252 g/mol. The summed E-state index contributed by atoms with van der Waals surface area (Å²) in [6.07, 6.45) is 1.02. The van der Waals surface area contributed by atoms with Crippen molar-refractivity contribution in [2.45, 2.75) is 19.4 Å². The zero-order chi connectivity index (χ0) is 13.1. The molecule has 3 aromatic rings. The Morgan fingerprint density at radius 3 is 2.63 bits per heavy atom. The third kappa shape index (κ3) is 2.76. The number of hydrogen-bond acceptors (Lipinski definition) is 3. The Morgan fingerprint density at radius 2 is 1.79 bits per heavy atom. The highest BCUT2D eigenvalue weighted by molar-refractivity contribution is 7.11. The lowest BCUT2D eigenvalue weighted by molar-refractivity contribution is 0.794. The summed E-state index contributed by atoms with van der Waals surface area (Å²) in [5, 5.41) is 5.95. The van der Waals surface area contributed by atoms with Crippen LogP contribution in [-0.2, 0) is 6.42 Å². The molecule has 1 N–H and O–H groups in total. The van der Waals surface area contributed by atoms with E-state index in [9.17, 15) is 0 Å². The van der Waals surface area contributed by atoms with Crippen molar-refractivity contribution in [1.29, 1.82) is 0 Å². The quantitative estimate of drug-likeness (QED) is 0.761. The van der Waals surface area contributed by atoms with Gasteiger partial charge in [-0.15, -0.1) is 0 Å². The van der Waals surface area contributed by atoms with E-state index in [-0.39, 0.29) is 0 Å². The molecule has 0 aliphatic carbocycles. The molecule has 0 saturated heterocycles. The van der Waals surface area contributed by atoms with Crippen molar-refractivity contribution in [1.82, 2.24) is 4.37 Å². The van der Waals surface area contributed by atoms with Gasteiger partial charge in [-0.1, -0.05) is 42.5 Å². The van der Waals surface area contributed by atoms with Crippen molar-refractivity contribution in [3.05, 3.63) is 60.2 Å². The Balaban J connectivity index is 1.74. The zero-order valence-electron chi connectivity index (χ0n) is 10.8. The van der Waals surface area contributed by atoms with Crippen LogP contribution < -0.4 is 5.32 Å². The molecular formula is C16H16N2S. The summed E-state index contributed by atoms with van der Waals surface area (Å²) in [7, 11) is 0. The number of nitrogens with one attached hydrogen (secondary N) is 1. The second-order valence-electron chi connectivity index (χ2n) is 4.76. The highest BCUT2D eigenvalue weighted by Crippen LogP contribution is 2.28. The summed E-state index contributed by atoms with van der Waals surface area (Å²) in [5.41, 5.74) is 2.43. The van der Waals surface area contributed by atoms with Crippen LogP contribution in [0.1, 0.15) is 12.5 Å². The molecule has 3 rings (SSSR count). The minimum absolute atomic E-state index is 0.395. The van der Waals surface area contributed by atoms with Gasteiger partial charge in [0.25, 0.3) is 0 Å². The summed E-state index contributed by atoms with van der Waals surface area (Å²) in [6, 6.07) is 19.2. The van der Waals surface area contributed by atoms with Crippen LogP contribution in [0.3, 0.4) is 0 Å². The van der Waals surface area contributed by atoms with Gasteiger partial charge in [-0.25, -0.2) is 0 Å². The Labute approximate surface area is 117 Å². The second-order valence-corrected chi connectivity index (χ2v) is 5.54. The number of hydrogen-bond donors (Lipinski definition) is 1. The molecule has 2 aromatic carbocycles. The van der Waals surface area contributed by atoms with Gasteiger partial charge in [0.1, 0.15) is 5.00 Å². The van der Waals surface area contributed by atoms with E-state index >= 15 is 0 Å². The van der Waals surface area contributed by atoms with Crippen molar-refractivity contribution >= 4 is 27.4 Å². The molecule has 0 radical (unpaired) electrons. The van der Waals surface area contributed by atoms with E-state index in [1.807, 2.05) is 6.07 Å². The average Bonchev–Trinajstić information content (AvgIpc) is 2.83. The molecule has 0 spiro atoms. The third-order valence-corrected chi connectivity index (χ3v) is 3.95. The van der Waals surface area contributed by atoms with Crippen molar-refractivity contribution < 1.29 is 0 Å². The normalized spacial score (nSPS) is 12.5. The minimum atomic E-state index is 0.395. The van der Waals surface area contributed by atoms with Gasteiger partial charge in [0, 0.05) is 11.4 Å². The maximum Gasteiger partial charge on any atom is 0.117 e. The Kier molecular flexibility index (Phi) is 3.47. The number of nitrogens with zero attached hydrogens (tertiary/aromatic N) is 1. The van der Waals surface area contributed by atoms with Crippen LogP contribution in [0, 0.1) is 0 Å². The molecule has 0 aliphatic heterocycles. The smallest absolute Gasteiger partial charge is 0.117 e. The first-order valence-corrected chi connectivity index (χ1v) is 7.25. The molecule has 3 heteroatoms. The van der Waals surface area contributed by atoms with E-state index in [1.165, 1.54) is 16.0 Å². The molecule has 1 atom stereocenters. The summed E-state index contributed by atoms with van der Waals surface area (Å²) < 4.78 is 4.46. The van der Waals surface area contributed by atoms with Gasteiger partial charge in [-0.2, -0.15) is 4.37 Å². The summed E-state index contributed by atoms with van der Waals surface area (Å²) in [6.45, 7) is 2.21. The van der Waals surface area contributed by atoms with Crippen molar-refractivity contribution in [3.8, 4) is 0 Å². The second kappa shape index (κ2) is 5.41. The summed E-state index contributed by atoms with van der Waals surface area (Å²) >= 11 is 1.54. The highest BCUT2D eigenvalue weighted by Gasteiger charge is 2.08. The van der Waals surface area contributed by atoms with Crippen LogP contribution in [0.25, 0.3) is 10.9 Å². The van der Waals surface area contributed by atoms with Crippen molar-refractivity contribution in [3.63, 3.8) is 0 Å². The minimum Gasteiger partial charge on any atom is -0.372 e. The molecule has 96 valence electrons. The van der Waals surface area contributed by atoms with Crippen LogP contribution in [0.5, 0.6) is 0 Å². The van der Waals surface area contributed by atoms with Crippen molar-refractivity contribution in [2.24, 2.45) is 0 Å². The van der Waals surface area contributed by atoms with Gasteiger partial charge in [0.05, 0.1) is 5.52 Å². The van der Waals surface area contributed by atoms with Crippen LogP contribution in [0.15, 0.2) is 54.6 Å². The third-order valence-electron chi connectivity index (χ3n) is 3.15. The van der Waals surface area contributed by atoms with Crippen molar-refractivity contribution in [2.75, 3.05) is 5.32 Å². The monoisotopic (exact) mass is 268 g/mol. The summed E-state index contributed by atoms with van der Waals surface area (Å²) in [5.74, 6) is 0. The molecule has 1 aromatic heterocycles. The van der Waals surface area contributed by atoms with E-state index in [0.29, 0.717) is 6.04 Å². The lowest BCUT2D eigenvalue weighted by Gasteiger charge is -2.13. The molecule has 0 fully saturated rings. The van der Waals surface area contributed by atoms with Gasteiger partial charge in [0.15, 0.2) is 0 Å². The number of fused-ring (bicyclic) bond motifs is 1. The molecule has 19 heavy (non-hydrogen) atoms. The first-order valence-electron chi connectivity index (χ1n) is 6.48. The van der Waals surface area contributed by atoms with Gasteiger partial charge >= 0.3 is 0 Å². The number of aromatic nitrogens is 1. The maximum absolute atomic E-state index is 4.46. The standard InChI is InChI=1S/C16H16N2S/c1-12(11-13-7-3-2-4-8-13)17-16-14-9-5-6-10-15(14)18-19-16/h2-10,12,17H,11H2,1H3. The van der Waals surface area contributed by atoms with Gasteiger partial charge < -0.3 is 5.32 Å². The van der Waals surface area contributed by atoms with Crippen LogP contribution in [-0.4, -0.2) is 10.4 Å². The topological polar surface area (TPSA) is 24.9 Å². The first-order chi connectivity index (χ1) is 9.33. The zero-order valence-corrected chi connectivity index (χ0v) is 11.7. The predicted molar refractivity (Wildman–Crippen MR) is 82.9 cm³/mol. The Morgan fingerprint density at radius 1 is 1.05 bits per heavy atom. The molecule has 0 amide bonds. The van der Waals surface area contributed by atoms with E-state index in [1.54, 1.807) is 11.5 Å². The number of anilines is 1. The largest absolute Gasteiger partial charge is 0.372 e. The fraction of sp³-hybridized carbons (Fsp3) is 0.188. The lowest BCUT2D eigenvalue weighted by atomic mass is 10.1. The van der Waals surface area contributed by atoms with E-state index in [0.717, 1.165) is 11.9 Å². The lowest BCUT2D eigenvalue weighted by Crippen LogP contribution is -2.17. The molecule has 1 unspecified atom stereocenters. The SMILES string of the molecule is CC(Cc1ccccc1)Nc1snc2ccccc12. The molecule has 0 saturated carbocycles. The van der Waals surface area contributed by atoms with E-state index < -0.39 is 0 Å². The fourth-order valence-corrected chi connectivity index (χ4v) is 3.11. The Bertz CT molecular complexity index is 661. The number of rotatable bonds is 4. The molecule has 0 bridgehead atoms. The summed E-state index contributed by atoms with van der Waals surface area (Å²) in [4.78, 5) is 0. The molecule has 2 nitrogen and oxygen atoms in total. The average molecular weight is 268 g/mol. The maximum atomic E-state index is 4.46. The predicted octanol–water partition coefficient (Wildman–Crippen LogP) is 4.34. The molecule has 1 heterocycles. The number of benzene rings is 2. The van der Waals surface area contributed by atoms with Gasteiger partial charge in [0.2, 0.25) is 0 Å². The van der Waals surface area contributed by atoms with Gasteiger partial charge in [-0.3, -0.25) is 0 Å². The molecule has 0 aliphatic rings. The first kappa shape index (κ1) is 12.2. The van der Waals surface area contributed by atoms with E-state index in [2.05, 4.69) is 65.1 Å². The van der Waals surface area contributed by atoms with Gasteiger partial charge in [-0.05, 0) is 42.6 Å². The van der Waals surface area contributed by atoms with Crippen LogP contribution >= 0.6 is 11.5 Å². The fourth-order valence-electron chi connectivity index (χ4n) is 2.24. The van der Waals surface area contributed by atoms with Crippen LogP contribution in [0.4, 0.5) is 5.00 Å². The highest BCUT2D eigenvalue weighted by atomic mass is 32.1. The Hall–Kier alpha value is -1.87.